The summed E-state index contributed by atoms with van der Waals surface area (Å²) in [5, 5.41) is 10.8. The van der Waals surface area contributed by atoms with Gasteiger partial charge in [-0.2, -0.15) is 0 Å². The molecule has 2 aliphatic heterocycles. The van der Waals surface area contributed by atoms with Gasteiger partial charge in [-0.1, -0.05) is 20.8 Å². The van der Waals surface area contributed by atoms with Crippen LogP contribution in [0.5, 0.6) is 0 Å². The van der Waals surface area contributed by atoms with Crippen molar-refractivity contribution in [3.63, 3.8) is 0 Å². The van der Waals surface area contributed by atoms with Crippen LogP contribution in [-0.2, 0) is 0 Å². The zero-order valence-corrected chi connectivity index (χ0v) is 14.1. The molecule has 2 heterocycles. The zero-order valence-electron chi connectivity index (χ0n) is 14.1. The Balaban J connectivity index is 1.91. The molecule has 3 N–H and O–H groups in total. The van der Waals surface area contributed by atoms with Crippen molar-refractivity contribution >= 4 is 0 Å². The number of nitrogens with zero attached hydrogens (tertiary/aromatic N) is 1. The minimum atomic E-state index is 0.269. The SMILES string of the molecule is CC(C)(C)C1CC(CC(C)(C)N2CCCNC2)NCN1. The van der Waals surface area contributed by atoms with Gasteiger partial charge in [-0.15, -0.1) is 0 Å². The summed E-state index contributed by atoms with van der Waals surface area (Å²) in [5.41, 5.74) is 0.613. The Kier molecular flexibility index (Phi) is 5.11. The monoisotopic (exact) mass is 282 g/mol. The lowest BCUT2D eigenvalue weighted by molar-refractivity contribution is 0.0610. The maximum Gasteiger partial charge on any atom is 0.0485 e. The lowest BCUT2D eigenvalue weighted by Gasteiger charge is -2.46. The van der Waals surface area contributed by atoms with Crippen LogP contribution in [0.3, 0.4) is 0 Å². The molecule has 118 valence electrons. The normalized spacial score (nSPS) is 30.4. The Morgan fingerprint density at radius 3 is 2.45 bits per heavy atom. The fourth-order valence-electron chi connectivity index (χ4n) is 3.53. The number of rotatable bonds is 3. The van der Waals surface area contributed by atoms with Gasteiger partial charge < -0.3 is 16.0 Å². The standard InChI is InChI=1S/C16H34N4/c1-15(2,3)14-9-13(18-11-19-14)10-16(4,5)20-8-6-7-17-12-20/h13-14,17-19H,6-12H2,1-5H3. The minimum Gasteiger partial charge on any atom is -0.304 e. The molecule has 2 unspecified atom stereocenters. The Labute approximate surface area is 125 Å². The molecule has 4 heteroatoms. The number of hydrogen-bond acceptors (Lipinski definition) is 4. The van der Waals surface area contributed by atoms with E-state index < -0.39 is 0 Å². The predicted molar refractivity (Wildman–Crippen MR) is 85.7 cm³/mol. The average molecular weight is 282 g/mol. The van der Waals surface area contributed by atoms with E-state index in [1.54, 1.807) is 0 Å². The van der Waals surface area contributed by atoms with Crippen LogP contribution in [-0.4, -0.2) is 48.9 Å². The van der Waals surface area contributed by atoms with E-state index in [1.807, 2.05) is 0 Å². The fourth-order valence-corrected chi connectivity index (χ4v) is 3.53. The third-order valence-electron chi connectivity index (χ3n) is 4.99. The van der Waals surface area contributed by atoms with Crippen molar-refractivity contribution in [3.05, 3.63) is 0 Å². The second-order valence-electron chi connectivity index (χ2n) is 8.23. The van der Waals surface area contributed by atoms with Crippen molar-refractivity contribution in [1.82, 2.24) is 20.9 Å². The second-order valence-corrected chi connectivity index (χ2v) is 8.23. The molecular weight excluding hydrogens is 248 g/mol. The van der Waals surface area contributed by atoms with Gasteiger partial charge in [-0.3, -0.25) is 4.90 Å². The number of nitrogens with one attached hydrogen (secondary N) is 3. The van der Waals surface area contributed by atoms with Crippen LogP contribution in [0.1, 0.15) is 53.9 Å². The summed E-state index contributed by atoms with van der Waals surface area (Å²) in [4.78, 5) is 2.60. The summed E-state index contributed by atoms with van der Waals surface area (Å²) in [5.74, 6) is 0. The van der Waals surface area contributed by atoms with E-state index in [0.717, 1.165) is 13.3 Å². The zero-order chi connectivity index (χ0) is 14.8. The van der Waals surface area contributed by atoms with Gasteiger partial charge in [0.05, 0.1) is 0 Å². The van der Waals surface area contributed by atoms with Crippen molar-refractivity contribution in [2.75, 3.05) is 26.4 Å². The van der Waals surface area contributed by atoms with Crippen LogP contribution >= 0.6 is 0 Å². The second kappa shape index (κ2) is 6.30. The van der Waals surface area contributed by atoms with Gasteiger partial charge in [-0.25, -0.2) is 0 Å². The first kappa shape index (κ1) is 16.2. The summed E-state index contributed by atoms with van der Waals surface area (Å²) in [6, 6.07) is 1.24. The Morgan fingerprint density at radius 2 is 1.85 bits per heavy atom. The maximum atomic E-state index is 3.66. The summed E-state index contributed by atoms with van der Waals surface area (Å²) < 4.78 is 0. The number of hydrogen-bond donors (Lipinski definition) is 3. The van der Waals surface area contributed by atoms with Crippen LogP contribution in [0.4, 0.5) is 0 Å². The molecule has 0 aliphatic carbocycles. The molecule has 0 radical (unpaired) electrons. The molecule has 0 aromatic carbocycles. The van der Waals surface area contributed by atoms with Crippen molar-refractivity contribution in [2.45, 2.75) is 71.5 Å². The summed E-state index contributed by atoms with van der Waals surface area (Å²) in [7, 11) is 0. The molecule has 0 aromatic heterocycles. The lowest BCUT2D eigenvalue weighted by Crippen LogP contribution is -2.59. The van der Waals surface area contributed by atoms with Crippen molar-refractivity contribution < 1.29 is 0 Å². The highest BCUT2D eigenvalue weighted by Gasteiger charge is 2.35. The molecule has 2 rings (SSSR count). The third kappa shape index (κ3) is 4.17. The molecule has 0 aromatic rings. The average Bonchev–Trinajstić information content (AvgIpc) is 2.38. The van der Waals surface area contributed by atoms with Gasteiger partial charge in [0, 0.05) is 37.5 Å². The van der Waals surface area contributed by atoms with Crippen LogP contribution < -0.4 is 16.0 Å². The van der Waals surface area contributed by atoms with Crippen molar-refractivity contribution in [2.24, 2.45) is 5.41 Å². The topological polar surface area (TPSA) is 39.3 Å². The highest BCUT2D eigenvalue weighted by atomic mass is 15.3. The quantitative estimate of drug-likeness (QED) is 0.737. The molecule has 4 nitrogen and oxygen atoms in total. The summed E-state index contributed by atoms with van der Waals surface area (Å²) >= 11 is 0. The molecule has 0 spiro atoms. The first-order chi connectivity index (χ1) is 9.29. The van der Waals surface area contributed by atoms with Gasteiger partial charge in [-0.05, 0) is 45.1 Å². The van der Waals surface area contributed by atoms with Gasteiger partial charge in [0.25, 0.3) is 0 Å². The van der Waals surface area contributed by atoms with Crippen LogP contribution in [0, 0.1) is 5.41 Å². The Hall–Kier alpha value is -0.160. The maximum absolute atomic E-state index is 3.66. The molecule has 0 saturated carbocycles. The largest absolute Gasteiger partial charge is 0.304 e. The molecular formula is C16H34N4. The van der Waals surface area contributed by atoms with E-state index >= 15 is 0 Å². The Morgan fingerprint density at radius 1 is 1.10 bits per heavy atom. The van der Waals surface area contributed by atoms with Crippen molar-refractivity contribution in [1.29, 1.82) is 0 Å². The smallest absolute Gasteiger partial charge is 0.0485 e. The molecule has 2 atom stereocenters. The summed E-state index contributed by atoms with van der Waals surface area (Å²) in [6.45, 7) is 16.2. The first-order valence-corrected chi connectivity index (χ1v) is 8.21. The van der Waals surface area contributed by atoms with E-state index in [0.29, 0.717) is 17.5 Å². The van der Waals surface area contributed by atoms with Gasteiger partial charge in [0.1, 0.15) is 0 Å². The highest BCUT2D eigenvalue weighted by Crippen LogP contribution is 2.29. The van der Waals surface area contributed by atoms with Crippen LogP contribution in [0.25, 0.3) is 0 Å². The van der Waals surface area contributed by atoms with Crippen LogP contribution in [0.15, 0.2) is 0 Å². The van der Waals surface area contributed by atoms with Gasteiger partial charge in [0.15, 0.2) is 0 Å². The van der Waals surface area contributed by atoms with Crippen molar-refractivity contribution in [3.8, 4) is 0 Å². The molecule has 2 fully saturated rings. The first-order valence-electron chi connectivity index (χ1n) is 8.21. The van der Waals surface area contributed by atoms with Crippen LogP contribution in [0.2, 0.25) is 0 Å². The molecule has 20 heavy (non-hydrogen) atoms. The minimum absolute atomic E-state index is 0.269. The molecule has 0 amide bonds. The molecule has 0 bridgehead atoms. The van der Waals surface area contributed by atoms with E-state index in [9.17, 15) is 0 Å². The highest BCUT2D eigenvalue weighted by molar-refractivity contribution is 4.94. The predicted octanol–water partition coefficient (Wildman–Crippen LogP) is 1.73. The Bertz CT molecular complexity index is 302. The van der Waals surface area contributed by atoms with E-state index in [2.05, 4.69) is 55.5 Å². The van der Waals surface area contributed by atoms with Gasteiger partial charge >= 0.3 is 0 Å². The lowest BCUT2D eigenvalue weighted by atomic mass is 9.79. The molecule has 2 aliphatic rings. The third-order valence-corrected chi connectivity index (χ3v) is 4.99. The van der Waals surface area contributed by atoms with E-state index in [4.69, 9.17) is 0 Å². The van der Waals surface area contributed by atoms with E-state index in [-0.39, 0.29) is 5.54 Å². The fraction of sp³-hybridized carbons (Fsp3) is 1.00. The molecule has 2 saturated heterocycles. The van der Waals surface area contributed by atoms with E-state index in [1.165, 1.54) is 32.4 Å². The van der Waals surface area contributed by atoms with Gasteiger partial charge in [0.2, 0.25) is 0 Å². The summed E-state index contributed by atoms with van der Waals surface area (Å²) in [6.07, 6.45) is 3.73.